The Morgan fingerprint density at radius 2 is 1.07 bits per heavy atom. The molecule has 88 valence electrons. The second-order valence-electron chi connectivity index (χ2n) is 5.51. The van der Waals surface area contributed by atoms with Crippen LogP contribution in [0.2, 0.25) is 0 Å². The molecule has 2 heteroatoms. The molecule has 0 spiro atoms. The SMILES string of the molecule is OCC(CO)(C1CCCC1)C1CCCC1. The van der Waals surface area contributed by atoms with Crippen molar-refractivity contribution in [3.8, 4) is 0 Å². The van der Waals surface area contributed by atoms with E-state index in [0.717, 1.165) is 0 Å². The second kappa shape index (κ2) is 4.84. The predicted molar refractivity (Wildman–Crippen MR) is 60.5 cm³/mol. The Morgan fingerprint density at radius 1 is 0.733 bits per heavy atom. The van der Waals surface area contributed by atoms with E-state index in [1.54, 1.807) is 0 Å². The molecule has 2 nitrogen and oxygen atoms in total. The first-order chi connectivity index (χ1) is 7.33. The van der Waals surface area contributed by atoms with E-state index in [2.05, 4.69) is 0 Å². The maximum atomic E-state index is 9.74. The van der Waals surface area contributed by atoms with Crippen LogP contribution in [0.25, 0.3) is 0 Å². The van der Waals surface area contributed by atoms with E-state index < -0.39 is 0 Å². The minimum absolute atomic E-state index is 0.146. The molecule has 0 aliphatic heterocycles. The third-order valence-corrected chi connectivity index (χ3v) is 4.93. The lowest BCUT2D eigenvalue weighted by Gasteiger charge is -2.41. The Labute approximate surface area is 92.7 Å². The van der Waals surface area contributed by atoms with E-state index in [-0.39, 0.29) is 18.6 Å². The molecule has 0 aromatic rings. The van der Waals surface area contributed by atoms with Crippen molar-refractivity contribution in [3.63, 3.8) is 0 Å². The van der Waals surface area contributed by atoms with Crippen molar-refractivity contribution in [1.82, 2.24) is 0 Å². The van der Waals surface area contributed by atoms with Gasteiger partial charge in [-0.1, -0.05) is 25.7 Å². The van der Waals surface area contributed by atoms with Crippen molar-refractivity contribution >= 4 is 0 Å². The Bertz CT molecular complexity index is 169. The molecule has 2 aliphatic carbocycles. The van der Waals surface area contributed by atoms with Gasteiger partial charge in [0.2, 0.25) is 0 Å². The monoisotopic (exact) mass is 212 g/mol. The summed E-state index contributed by atoms with van der Waals surface area (Å²) in [5.41, 5.74) is -0.146. The Hall–Kier alpha value is -0.0800. The van der Waals surface area contributed by atoms with Crippen molar-refractivity contribution in [1.29, 1.82) is 0 Å². The Morgan fingerprint density at radius 3 is 1.33 bits per heavy atom. The van der Waals surface area contributed by atoms with Crippen LogP contribution in [0.3, 0.4) is 0 Å². The minimum atomic E-state index is -0.146. The summed E-state index contributed by atoms with van der Waals surface area (Å²) in [6, 6.07) is 0. The van der Waals surface area contributed by atoms with Crippen LogP contribution < -0.4 is 0 Å². The zero-order chi connectivity index (χ0) is 10.7. The van der Waals surface area contributed by atoms with Gasteiger partial charge in [-0.25, -0.2) is 0 Å². The summed E-state index contributed by atoms with van der Waals surface area (Å²) in [7, 11) is 0. The highest BCUT2D eigenvalue weighted by Gasteiger charge is 2.45. The van der Waals surface area contributed by atoms with Crippen LogP contribution in [0, 0.1) is 17.3 Å². The van der Waals surface area contributed by atoms with Gasteiger partial charge in [0.15, 0.2) is 0 Å². The lowest BCUT2D eigenvalue weighted by Crippen LogP contribution is -2.43. The van der Waals surface area contributed by atoms with E-state index in [9.17, 15) is 10.2 Å². The smallest absolute Gasteiger partial charge is 0.0514 e. The van der Waals surface area contributed by atoms with Crippen LogP contribution in [0.5, 0.6) is 0 Å². The van der Waals surface area contributed by atoms with Gasteiger partial charge in [-0.05, 0) is 37.5 Å². The van der Waals surface area contributed by atoms with Gasteiger partial charge < -0.3 is 10.2 Å². The normalized spacial score (nSPS) is 25.2. The zero-order valence-electron chi connectivity index (χ0n) is 9.62. The molecular weight excluding hydrogens is 188 g/mol. The van der Waals surface area contributed by atoms with Crippen molar-refractivity contribution in [2.24, 2.45) is 17.3 Å². The highest BCUT2D eigenvalue weighted by atomic mass is 16.3. The summed E-state index contributed by atoms with van der Waals surface area (Å²) in [6.45, 7) is 0.387. The second-order valence-corrected chi connectivity index (χ2v) is 5.51. The third-order valence-electron chi connectivity index (χ3n) is 4.93. The van der Waals surface area contributed by atoms with E-state index in [0.29, 0.717) is 11.8 Å². The number of aliphatic hydroxyl groups excluding tert-OH is 2. The first-order valence-electron chi connectivity index (χ1n) is 6.55. The van der Waals surface area contributed by atoms with Crippen molar-refractivity contribution < 1.29 is 10.2 Å². The molecule has 2 fully saturated rings. The lowest BCUT2D eigenvalue weighted by molar-refractivity contribution is -0.0411. The van der Waals surface area contributed by atoms with Gasteiger partial charge >= 0.3 is 0 Å². The van der Waals surface area contributed by atoms with Crippen LogP contribution in [-0.2, 0) is 0 Å². The highest BCUT2D eigenvalue weighted by molar-refractivity contribution is 4.95. The van der Waals surface area contributed by atoms with Gasteiger partial charge in [0, 0.05) is 5.41 Å². The van der Waals surface area contributed by atoms with Gasteiger partial charge in [0.1, 0.15) is 0 Å². The Balaban J connectivity index is 2.13. The van der Waals surface area contributed by atoms with Gasteiger partial charge in [-0.2, -0.15) is 0 Å². The maximum Gasteiger partial charge on any atom is 0.0514 e. The molecule has 0 radical (unpaired) electrons. The fourth-order valence-electron chi connectivity index (χ4n) is 3.90. The molecular formula is C13H24O2. The molecule has 0 unspecified atom stereocenters. The van der Waals surface area contributed by atoms with E-state index in [1.807, 2.05) is 0 Å². The lowest BCUT2D eigenvalue weighted by atomic mass is 9.66. The molecule has 0 heterocycles. The summed E-state index contributed by atoms with van der Waals surface area (Å²) < 4.78 is 0. The largest absolute Gasteiger partial charge is 0.396 e. The van der Waals surface area contributed by atoms with Crippen LogP contribution in [0.4, 0.5) is 0 Å². The average molecular weight is 212 g/mol. The van der Waals surface area contributed by atoms with Crippen LogP contribution >= 0.6 is 0 Å². The summed E-state index contributed by atoms with van der Waals surface area (Å²) in [6.07, 6.45) is 10.0. The molecule has 15 heavy (non-hydrogen) atoms. The van der Waals surface area contributed by atoms with Gasteiger partial charge in [0.25, 0.3) is 0 Å². The first-order valence-corrected chi connectivity index (χ1v) is 6.55. The Kier molecular flexibility index (Phi) is 3.68. The molecule has 2 aliphatic rings. The van der Waals surface area contributed by atoms with Gasteiger partial charge in [-0.15, -0.1) is 0 Å². The van der Waals surface area contributed by atoms with E-state index in [1.165, 1.54) is 51.4 Å². The van der Waals surface area contributed by atoms with Crippen LogP contribution in [0.1, 0.15) is 51.4 Å². The maximum absolute atomic E-state index is 9.74. The molecule has 0 saturated heterocycles. The van der Waals surface area contributed by atoms with E-state index >= 15 is 0 Å². The van der Waals surface area contributed by atoms with Crippen LogP contribution in [0.15, 0.2) is 0 Å². The summed E-state index contributed by atoms with van der Waals surface area (Å²) in [5.74, 6) is 1.16. The molecule has 2 saturated carbocycles. The molecule has 2 rings (SSSR count). The molecule has 0 atom stereocenters. The van der Waals surface area contributed by atoms with Crippen LogP contribution in [-0.4, -0.2) is 23.4 Å². The summed E-state index contributed by atoms with van der Waals surface area (Å²) in [4.78, 5) is 0. The van der Waals surface area contributed by atoms with E-state index in [4.69, 9.17) is 0 Å². The molecule has 0 aromatic heterocycles. The fourth-order valence-corrected chi connectivity index (χ4v) is 3.90. The summed E-state index contributed by atoms with van der Waals surface area (Å²) >= 11 is 0. The predicted octanol–water partition coefficient (Wildman–Crippen LogP) is 2.34. The summed E-state index contributed by atoms with van der Waals surface area (Å²) in [5, 5.41) is 19.5. The number of rotatable bonds is 4. The fraction of sp³-hybridized carbons (Fsp3) is 1.00. The van der Waals surface area contributed by atoms with Crippen molar-refractivity contribution in [2.75, 3.05) is 13.2 Å². The molecule has 0 aromatic carbocycles. The third kappa shape index (κ3) is 1.94. The topological polar surface area (TPSA) is 40.5 Å². The van der Waals surface area contributed by atoms with Gasteiger partial charge in [0.05, 0.1) is 13.2 Å². The molecule has 0 amide bonds. The van der Waals surface area contributed by atoms with Crippen molar-refractivity contribution in [2.45, 2.75) is 51.4 Å². The first kappa shape index (κ1) is 11.4. The quantitative estimate of drug-likeness (QED) is 0.751. The standard InChI is InChI=1S/C13H24O2/c14-9-13(10-15,11-5-1-2-6-11)12-7-3-4-8-12/h11-12,14-15H,1-10H2. The average Bonchev–Trinajstić information content (AvgIpc) is 2.92. The van der Waals surface area contributed by atoms with Gasteiger partial charge in [-0.3, -0.25) is 0 Å². The van der Waals surface area contributed by atoms with Crippen molar-refractivity contribution in [3.05, 3.63) is 0 Å². The number of hydrogen-bond acceptors (Lipinski definition) is 2. The highest BCUT2D eigenvalue weighted by Crippen LogP contribution is 2.49. The zero-order valence-corrected chi connectivity index (χ0v) is 9.62. The number of hydrogen-bond donors (Lipinski definition) is 2. The number of aliphatic hydroxyl groups is 2. The minimum Gasteiger partial charge on any atom is -0.396 e. The molecule has 0 bridgehead atoms. The molecule has 2 N–H and O–H groups in total.